The maximum absolute atomic E-state index is 12.9. The first-order chi connectivity index (χ1) is 13.8. The van der Waals surface area contributed by atoms with Crippen LogP contribution in [0.3, 0.4) is 0 Å². The van der Waals surface area contributed by atoms with Crippen LogP contribution in [0.5, 0.6) is 0 Å². The number of carbonyl (C=O) groups excluding carboxylic acids is 1. The van der Waals surface area contributed by atoms with Gasteiger partial charge in [0.1, 0.15) is 11.6 Å². The lowest BCUT2D eigenvalue weighted by Crippen LogP contribution is -2.06. The number of carbonyl (C=O) groups is 1. The summed E-state index contributed by atoms with van der Waals surface area (Å²) in [6.07, 6.45) is -2.30. The number of alkyl halides is 3. The van der Waals surface area contributed by atoms with Gasteiger partial charge >= 0.3 is 12.1 Å². The van der Waals surface area contributed by atoms with Crippen molar-refractivity contribution in [3.05, 3.63) is 59.0 Å². The van der Waals surface area contributed by atoms with Gasteiger partial charge in [0.25, 0.3) is 0 Å². The van der Waals surface area contributed by atoms with Gasteiger partial charge in [0.2, 0.25) is 0 Å². The minimum Gasteiger partial charge on any atom is -0.462 e. The van der Waals surface area contributed by atoms with Crippen LogP contribution in [0.15, 0.2) is 36.7 Å². The van der Waals surface area contributed by atoms with Crippen molar-refractivity contribution in [3.63, 3.8) is 0 Å². The Hall–Kier alpha value is -3.41. The minimum absolute atomic E-state index is 0.0427. The van der Waals surface area contributed by atoms with E-state index in [4.69, 9.17) is 10.00 Å². The Labute approximate surface area is 165 Å². The van der Waals surface area contributed by atoms with E-state index in [0.29, 0.717) is 16.5 Å². The zero-order valence-electron chi connectivity index (χ0n) is 16.1. The molecule has 6 nitrogen and oxygen atoms in total. The number of nitriles is 1. The largest absolute Gasteiger partial charge is 0.462 e. The summed E-state index contributed by atoms with van der Waals surface area (Å²) >= 11 is 0. The predicted octanol–water partition coefficient (Wildman–Crippen LogP) is 4.57. The van der Waals surface area contributed by atoms with E-state index in [2.05, 4.69) is 10.1 Å². The molecule has 0 aliphatic carbocycles. The predicted molar refractivity (Wildman–Crippen MR) is 100 cm³/mol. The SMILES string of the molecule is CC.CCOC(=O)c1cn(Cc2ccc3ncc(C(F)(F)F)cc3c2)nc1C#N. The van der Waals surface area contributed by atoms with Gasteiger partial charge in [-0.3, -0.25) is 9.67 Å². The molecule has 2 aromatic heterocycles. The Morgan fingerprint density at radius 1 is 1.28 bits per heavy atom. The van der Waals surface area contributed by atoms with Crippen LogP contribution >= 0.6 is 0 Å². The van der Waals surface area contributed by atoms with E-state index in [0.717, 1.165) is 12.3 Å². The van der Waals surface area contributed by atoms with Crippen molar-refractivity contribution in [2.24, 2.45) is 0 Å². The van der Waals surface area contributed by atoms with Crippen molar-refractivity contribution in [1.29, 1.82) is 5.26 Å². The molecule has 0 aliphatic rings. The minimum atomic E-state index is -4.48. The summed E-state index contributed by atoms with van der Waals surface area (Å²) < 4.78 is 44.8. The molecule has 0 saturated carbocycles. The highest BCUT2D eigenvalue weighted by molar-refractivity contribution is 5.91. The van der Waals surface area contributed by atoms with E-state index in [1.807, 2.05) is 19.9 Å². The molecule has 152 valence electrons. The number of rotatable bonds is 4. The summed E-state index contributed by atoms with van der Waals surface area (Å²) in [5, 5.41) is 13.5. The standard InChI is InChI=1S/C18H13F3N4O2.C2H6/c1-2-27-17(26)14-10-25(24-16(14)7-22)9-11-3-4-15-12(5-11)6-13(8-23-15)18(19,20)21;1-2/h3-6,8,10H,2,9H2,1H3;1-2H3. The quantitative estimate of drug-likeness (QED) is 0.595. The monoisotopic (exact) mass is 404 g/mol. The van der Waals surface area contributed by atoms with Gasteiger partial charge in [-0.1, -0.05) is 19.9 Å². The first kappa shape index (κ1) is 21.9. The number of aromatic nitrogens is 3. The molecule has 0 spiro atoms. The summed E-state index contributed by atoms with van der Waals surface area (Å²) in [5.41, 5.74) is 0.210. The number of halogens is 3. The Kier molecular flexibility index (Phi) is 6.93. The van der Waals surface area contributed by atoms with Gasteiger partial charge in [0, 0.05) is 17.8 Å². The number of hydrogen-bond donors (Lipinski definition) is 0. The van der Waals surface area contributed by atoms with Crippen LogP contribution < -0.4 is 0 Å². The zero-order chi connectivity index (χ0) is 21.6. The molecule has 29 heavy (non-hydrogen) atoms. The van der Waals surface area contributed by atoms with E-state index in [9.17, 15) is 18.0 Å². The normalized spacial score (nSPS) is 10.8. The lowest BCUT2D eigenvalue weighted by molar-refractivity contribution is -0.137. The second-order valence-electron chi connectivity index (χ2n) is 5.67. The molecule has 2 heterocycles. The highest BCUT2D eigenvalue weighted by Gasteiger charge is 2.31. The van der Waals surface area contributed by atoms with Crippen molar-refractivity contribution in [1.82, 2.24) is 14.8 Å². The maximum atomic E-state index is 12.9. The second kappa shape index (κ2) is 9.19. The number of ether oxygens (including phenoxy) is 1. The third kappa shape index (κ3) is 5.10. The molecule has 0 fully saturated rings. The molecule has 0 unspecified atom stereocenters. The first-order valence-electron chi connectivity index (χ1n) is 8.92. The van der Waals surface area contributed by atoms with Crippen molar-refractivity contribution < 1.29 is 22.7 Å². The van der Waals surface area contributed by atoms with E-state index >= 15 is 0 Å². The highest BCUT2D eigenvalue weighted by atomic mass is 19.4. The Balaban J connectivity index is 0.00000145. The smallest absolute Gasteiger partial charge is 0.417 e. The summed E-state index contributed by atoms with van der Waals surface area (Å²) in [5.74, 6) is -0.655. The fourth-order valence-corrected chi connectivity index (χ4v) is 2.56. The third-order valence-electron chi connectivity index (χ3n) is 3.78. The third-order valence-corrected chi connectivity index (χ3v) is 3.78. The van der Waals surface area contributed by atoms with Crippen molar-refractivity contribution in [2.75, 3.05) is 6.61 Å². The van der Waals surface area contributed by atoms with Gasteiger partial charge in [0.05, 0.1) is 24.2 Å². The highest BCUT2D eigenvalue weighted by Crippen LogP contribution is 2.30. The lowest BCUT2D eigenvalue weighted by Gasteiger charge is -2.08. The summed E-state index contributed by atoms with van der Waals surface area (Å²) in [7, 11) is 0. The topological polar surface area (TPSA) is 80.8 Å². The molecule has 9 heteroatoms. The van der Waals surface area contributed by atoms with Gasteiger partial charge in [-0.2, -0.15) is 23.5 Å². The molecule has 3 rings (SSSR count). The molecule has 1 aromatic carbocycles. The van der Waals surface area contributed by atoms with Crippen molar-refractivity contribution >= 4 is 16.9 Å². The number of pyridine rings is 1. The molecule has 0 radical (unpaired) electrons. The number of esters is 1. The lowest BCUT2D eigenvalue weighted by atomic mass is 10.1. The van der Waals surface area contributed by atoms with Crippen LogP contribution in [-0.2, 0) is 17.5 Å². The van der Waals surface area contributed by atoms with Gasteiger partial charge in [0.15, 0.2) is 5.69 Å². The Morgan fingerprint density at radius 3 is 2.62 bits per heavy atom. The summed E-state index contributed by atoms with van der Waals surface area (Å²) in [4.78, 5) is 15.7. The van der Waals surface area contributed by atoms with Crippen molar-refractivity contribution in [3.8, 4) is 6.07 Å². The fourth-order valence-electron chi connectivity index (χ4n) is 2.56. The zero-order valence-corrected chi connectivity index (χ0v) is 16.1. The average Bonchev–Trinajstić information content (AvgIpc) is 3.11. The number of hydrogen-bond acceptors (Lipinski definition) is 5. The van der Waals surface area contributed by atoms with Gasteiger partial charge < -0.3 is 4.74 Å². The molecular formula is C20H19F3N4O2. The molecule has 0 bridgehead atoms. The van der Waals surface area contributed by atoms with Crippen LogP contribution in [0.1, 0.15) is 48.0 Å². The number of nitrogens with zero attached hydrogens (tertiary/aromatic N) is 4. The molecule has 0 saturated heterocycles. The van der Waals surface area contributed by atoms with Crippen LogP contribution in [-0.4, -0.2) is 27.3 Å². The Morgan fingerprint density at radius 2 is 2.00 bits per heavy atom. The van der Waals surface area contributed by atoms with Crippen LogP contribution in [0.4, 0.5) is 13.2 Å². The van der Waals surface area contributed by atoms with E-state index in [1.165, 1.54) is 10.9 Å². The number of fused-ring (bicyclic) bond motifs is 1. The summed E-state index contributed by atoms with van der Waals surface area (Å²) in [6.45, 7) is 5.97. The molecule has 3 aromatic rings. The van der Waals surface area contributed by atoms with Crippen LogP contribution in [0.25, 0.3) is 10.9 Å². The molecule has 0 aliphatic heterocycles. The van der Waals surface area contributed by atoms with Gasteiger partial charge in [-0.05, 0) is 30.7 Å². The van der Waals surface area contributed by atoms with Crippen LogP contribution in [0.2, 0.25) is 0 Å². The average molecular weight is 404 g/mol. The first-order valence-corrected chi connectivity index (χ1v) is 8.92. The van der Waals surface area contributed by atoms with Crippen LogP contribution in [0, 0.1) is 11.3 Å². The summed E-state index contributed by atoms with van der Waals surface area (Å²) in [6, 6.07) is 7.72. The molecule has 0 amide bonds. The fraction of sp³-hybridized carbons (Fsp3) is 0.300. The Bertz CT molecular complexity index is 1050. The van der Waals surface area contributed by atoms with Gasteiger partial charge in [-0.25, -0.2) is 4.79 Å². The van der Waals surface area contributed by atoms with E-state index < -0.39 is 17.7 Å². The van der Waals surface area contributed by atoms with E-state index in [1.54, 1.807) is 25.1 Å². The molecular weight excluding hydrogens is 385 g/mol. The van der Waals surface area contributed by atoms with E-state index in [-0.39, 0.29) is 24.4 Å². The molecule has 0 N–H and O–H groups in total. The number of benzene rings is 1. The maximum Gasteiger partial charge on any atom is 0.417 e. The second-order valence-corrected chi connectivity index (χ2v) is 5.67. The molecule has 0 atom stereocenters. The van der Waals surface area contributed by atoms with Crippen molar-refractivity contribution in [2.45, 2.75) is 33.5 Å². The van der Waals surface area contributed by atoms with Gasteiger partial charge in [-0.15, -0.1) is 0 Å².